The van der Waals surface area contributed by atoms with Crippen molar-refractivity contribution in [3.8, 4) is 0 Å². The lowest BCUT2D eigenvalue weighted by atomic mass is 10.1. The lowest BCUT2D eigenvalue weighted by molar-refractivity contribution is 0.502. The van der Waals surface area contributed by atoms with Crippen molar-refractivity contribution in [2.24, 2.45) is 0 Å². The zero-order valence-electron chi connectivity index (χ0n) is 10.8. The van der Waals surface area contributed by atoms with Gasteiger partial charge in [0.2, 0.25) is 0 Å². The Morgan fingerprint density at radius 2 is 2.28 bits per heavy atom. The van der Waals surface area contributed by atoms with E-state index in [1.807, 2.05) is 6.07 Å². The maximum Gasteiger partial charge on any atom is 0.126 e. The molecule has 1 saturated heterocycles. The van der Waals surface area contributed by atoms with Gasteiger partial charge >= 0.3 is 0 Å². The minimum atomic E-state index is -0.262. The van der Waals surface area contributed by atoms with Gasteiger partial charge in [-0.1, -0.05) is 24.9 Å². The summed E-state index contributed by atoms with van der Waals surface area (Å²) < 4.78 is 13.4. The average molecular weight is 271 g/mol. The summed E-state index contributed by atoms with van der Waals surface area (Å²) >= 11 is 5.93. The maximum atomic E-state index is 13.4. The second kappa shape index (κ2) is 6.39. The molecule has 0 bridgehead atoms. The molecule has 1 N–H and O–H groups in total. The smallest absolute Gasteiger partial charge is 0.126 e. The number of hydrogen-bond donors (Lipinski definition) is 1. The van der Waals surface area contributed by atoms with Gasteiger partial charge in [-0.05, 0) is 37.6 Å². The summed E-state index contributed by atoms with van der Waals surface area (Å²) in [6.45, 7) is 5.10. The van der Waals surface area contributed by atoms with E-state index in [2.05, 4.69) is 17.1 Å². The van der Waals surface area contributed by atoms with Crippen molar-refractivity contribution >= 4 is 17.3 Å². The Hall–Kier alpha value is -0.800. The van der Waals surface area contributed by atoms with Crippen molar-refractivity contribution in [1.29, 1.82) is 0 Å². The molecule has 0 aromatic heterocycles. The van der Waals surface area contributed by atoms with Crippen LogP contribution in [0.25, 0.3) is 0 Å². The van der Waals surface area contributed by atoms with Gasteiger partial charge in [-0.2, -0.15) is 0 Å². The first-order valence-corrected chi connectivity index (χ1v) is 7.01. The summed E-state index contributed by atoms with van der Waals surface area (Å²) in [5.74, 6) is -0.262. The van der Waals surface area contributed by atoms with Crippen molar-refractivity contribution in [3.05, 3.63) is 29.0 Å². The van der Waals surface area contributed by atoms with Gasteiger partial charge in [-0.15, -0.1) is 0 Å². The lowest BCUT2D eigenvalue weighted by Gasteiger charge is -2.26. The van der Waals surface area contributed by atoms with Gasteiger partial charge in [0.1, 0.15) is 5.82 Å². The van der Waals surface area contributed by atoms with Gasteiger partial charge in [0.15, 0.2) is 0 Å². The highest BCUT2D eigenvalue weighted by molar-refractivity contribution is 6.30. The summed E-state index contributed by atoms with van der Waals surface area (Å²) in [5.41, 5.74) is 0.893. The first-order valence-electron chi connectivity index (χ1n) is 6.63. The molecule has 100 valence electrons. The maximum absolute atomic E-state index is 13.4. The molecular weight excluding hydrogens is 251 g/mol. The third-order valence-corrected chi connectivity index (χ3v) is 3.55. The normalized spacial score (nSPS) is 20.8. The fourth-order valence-electron chi connectivity index (χ4n) is 2.50. The van der Waals surface area contributed by atoms with E-state index < -0.39 is 0 Å². The molecule has 0 amide bonds. The molecule has 1 fully saturated rings. The van der Waals surface area contributed by atoms with Crippen LogP contribution in [0.4, 0.5) is 10.1 Å². The molecule has 1 aromatic rings. The van der Waals surface area contributed by atoms with E-state index in [9.17, 15) is 4.39 Å². The molecule has 1 aliphatic rings. The summed E-state index contributed by atoms with van der Waals surface area (Å²) in [7, 11) is 0. The number of rotatable bonds is 3. The average Bonchev–Trinajstić information content (AvgIpc) is 2.54. The lowest BCUT2D eigenvalue weighted by Crippen LogP contribution is -2.37. The third-order valence-electron chi connectivity index (χ3n) is 3.33. The van der Waals surface area contributed by atoms with E-state index in [0.717, 1.165) is 44.6 Å². The van der Waals surface area contributed by atoms with Gasteiger partial charge in [0.25, 0.3) is 0 Å². The molecule has 1 aliphatic heterocycles. The van der Waals surface area contributed by atoms with Gasteiger partial charge in [-0.3, -0.25) is 0 Å². The molecule has 4 heteroatoms. The van der Waals surface area contributed by atoms with E-state index in [0.29, 0.717) is 11.1 Å². The van der Waals surface area contributed by atoms with Crippen LogP contribution in [0.15, 0.2) is 18.2 Å². The van der Waals surface area contributed by atoms with Crippen LogP contribution in [0, 0.1) is 5.82 Å². The quantitative estimate of drug-likeness (QED) is 0.905. The van der Waals surface area contributed by atoms with Crippen molar-refractivity contribution in [1.82, 2.24) is 5.32 Å². The molecule has 2 nitrogen and oxygen atoms in total. The predicted molar refractivity (Wildman–Crippen MR) is 74.9 cm³/mol. The van der Waals surface area contributed by atoms with Gasteiger partial charge in [-0.25, -0.2) is 4.39 Å². The Labute approximate surface area is 113 Å². The first kappa shape index (κ1) is 13.6. The summed E-state index contributed by atoms with van der Waals surface area (Å²) in [6, 6.07) is 5.25. The standard InChI is InChI=1S/C14H20ClFN2/c1-2-4-13-10-18(6-3-5-17-13)14-8-11(15)7-12(16)9-14/h7-9,13,17H,2-6,10H2,1H3. The van der Waals surface area contributed by atoms with Crippen LogP contribution in [-0.4, -0.2) is 25.7 Å². The fourth-order valence-corrected chi connectivity index (χ4v) is 2.71. The molecule has 1 aromatic carbocycles. The number of nitrogens with zero attached hydrogens (tertiary/aromatic N) is 1. The van der Waals surface area contributed by atoms with Crippen LogP contribution in [0.2, 0.25) is 5.02 Å². The minimum absolute atomic E-state index is 0.262. The zero-order valence-corrected chi connectivity index (χ0v) is 11.5. The van der Waals surface area contributed by atoms with E-state index in [4.69, 9.17) is 11.6 Å². The largest absolute Gasteiger partial charge is 0.370 e. The van der Waals surface area contributed by atoms with Crippen LogP contribution >= 0.6 is 11.6 Å². The second-order valence-electron chi connectivity index (χ2n) is 4.87. The molecule has 1 heterocycles. The Kier molecular flexibility index (Phi) is 4.84. The number of benzene rings is 1. The molecule has 2 rings (SSSR count). The van der Waals surface area contributed by atoms with Crippen molar-refractivity contribution in [2.45, 2.75) is 32.2 Å². The number of anilines is 1. The monoisotopic (exact) mass is 270 g/mol. The van der Waals surface area contributed by atoms with E-state index >= 15 is 0 Å². The van der Waals surface area contributed by atoms with Crippen molar-refractivity contribution < 1.29 is 4.39 Å². The van der Waals surface area contributed by atoms with Crippen LogP contribution in [-0.2, 0) is 0 Å². The molecule has 18 heavy (non-hydrogen) atoms. The second-order valence-corrected chi connectivity index (χ2v) is 5.30. The van der Waals surface area contributed by atoms with Crippen LogP contribution in [0.5, 0.6) is 0 Å². The van der Waals surface area contributed by atoms with Crippen LogP contribution in [0.3, 0.4) is 0 Å². The van der Waals surface area contributed by atoms with E-state index in [1.165, 1.54) is 6.07 Å². The van der Waals surface area contributed by atoms with E-state index in [1.54, 1.807) is 6.07 Å². The first-order chi connectivity index (χ1) is 8.69. The van der Waals surface area contributed by atoms with Crippen LogP contribution < -0.4 is 10.2 Å². The highest BCUT2D eigenvalue weighted by Crippen LogP contribution is 2.23. The molecule has 0 radical (unpaired) electrons. The predicted octanol–water partition coefficient (Wildman–Crippen LogP) is 3.45. The third kappa shape index (κ3) is 3.59. The van der Waals surface area contributed by atoms with Gasteiger partial charge < -0.3 is 10.2 Å². The molecular formula is C14H20ClFN2. The minimum Gasteiger partial charge on any atom is -0.370 e. The van der Waals surface area contributed by atoms with Crippen molar-refractivity contribution in [3.63, 3.8) is 0 Å². The fraction of sp³-hybridized carbons (Fsp3) is 0.571. The topological polar surface area (TPSA) is 15.3 Å². The highest BCUT2D eigenvalue weighted by atomic mass is 35.5. The molecule has 0 spiro atoms. The van der Waals surface area contributed by atoms with Crippen molar-refractivity contribution in [2.75, 3.05) is 24.5 Å². The Bertz CT molecular complexity index is 377. The molecule has 1 unspecified atom stereocenters. The highest BCUT2D eigenvalue weighted by Gasteiger charge is 2.17. The molecule has 0 aliphatic carbocycles. The number of halogens is 2. The number of nitrogens with one attached hydrogen (secondary N) is 1. The summed E-state index contributed by atoms with van der Waals surface area (Å²) in [5, 5.41) is 4.01. The Morgan fingerprint density at radius 3 is 3.00 bits per heavy atom. The van der Waals surface area contributed by atoms with Gasteiger partial charge in [0, 0.05) is 29.8 Å². The zero-order chi connectivity index (χ0) is 13.0. The van der Waals surface area contributed by atoms with Crippen LogP contribution in [0.1, 0.15) is 26.2 Å². The SMILES string of the molecule is CCCC1CN(c2cc(F)cc(Cl)c2)CCCN1. The Balaban J connectivity index is 2.14. The summed E-state index contributed by atoms with van der Waals surface area (Å²) in [6.07, 6.45) is 3.39. The Morgan fingerprint density at radius 1 is 1.44 bits per heavy atom. The summed E-state index contributed by atoms with van der Waals surface area (Å²) in [4.78, 5) is 2.23. The molecule has 1 atom stereocenters. The molecule has 0 saturated carbocycles. The van der Waals surface area contributed by atoms with E-state index in [-0.39, 0.29) is 5.82 Å². The van der Waals surface area contributed by atoms with Gasteiger partial charge in [0.05, 0.1) is 0 Å². The number of hydrogen-bond acceptors (Lipinski definition) is 2.